The highest BCUT2D eigenvalue weighted by Gasteiger charge is 2.12. The van der Waals surface area contributed by atoms with Crippen LogP contribution in [0.2, 0.25) is 0 Å². The average Bonchev–Trinajstić information content (AvgIpc) is 2.35. The molecule has 0 fully saturated rings. The van der Waals surface area contributed by atoms with E-state index < -0.39 is 12.0 Å². The first-order valence-corrected chi connectivity index (χ1v) is 6.28. The fourth-order valence-corrected chi connectivity index (χ4v) is 1.39. The lowest BCUT2D eigenvalue weighted by molar-refractivity contribution is -0.125. The van der Waals surface area contributed by atoms with E-state index in [1.54, 1.807) is 6.07 Å². The van der Waals surface area contributed by atoms with Crippen molar-refractivity contribution in [2.45, 2.75) is 32.8 Å². The summed E-state index contributed by atoms with van der Waals surface area (Å²) in [6.45, 7) is 6.73. The highest BCUT2D eigenvalue weighted by molar-refractivity contribution is 5.79. The summed E-state index contributed by atoms with van der Waals surface area (Å²) >= 11 is 0. The molecule has 1 aromatic rings. The second-order valence-corrected chi connectivity index (χ2v) is 4.48. The number of aromatic nitrogens is 2. The van der Waals surface area contributed by atoms with Crippen molar-refractivity contribution in [3.8, 4) is 0 Å². The molecule has 0 aliphatic carbocycles. The summed E-state index contributed by atoms with van der Waals surface area (Å²) in [6, 6.07) is 1.73. The Bertz CT molecular complexity index is 436. The Morgan fingerprint density at radius 3 is 2.42 bits per heavy atom. The minimum atomic E-state index is -1.24. The van der Waals surface area contributed by atoms with Crippen LogP contribution in [0.4, 0.5) is 11.6 Å². The molecule has 0 bridgehead atoms. The minimum absolute atomic E-state index is 0.0233. The summed E-state index contributed by atoms with van der Waals surface area (Å²) in [5.74, 6) is 1.36. The number of anilines is 2. The van der Waals surface area contributed by atoms with Crippen molar-refractivity contribution in [2.24, 2.45) is 5.73 Å². The molecule has 1 heterocycles. The van der Waals surface area contributed by atoms with Gasteiger partial charge in [-0.2, -0.15) is 0 Å². The third-order valence-electron chi connectivity index (χ3n) is 2.42. The molecule has 0 spiro atoms. The van der Waals surface area contributed by atoms with Crippen LogP contribution in [0.3, 0.4) is 0 Å². The highest BCUT2D eigenvalue weighted by Crippen LogP contribution is 2.16. The first kappa shape index (κ1) is 15.2. The van der Waals surface area contributed by atoms with Crippen molar-refractivity contribution < 1.29 is 9.90 Å². The second-order valence-electron chi connectivity index (χ2n) is 4.48. The van der Waals surface area contributed by atoms with Gasteiger partial charge in [0, 0.05) is 18.5 Å². The van der Waals surface area contributed by atoms with E-state index in [0.29, 0.717) is 17.5 Å². The van der Waals surface area contributed by atoms with Crippen molar-refractivity contribution >= 4 is 17.5 Å². The van der Waals surface area contributed by atoms with Crippen LogP contribution in [0.5, 0.6) is 0 Å². The molecule has 0 aromatic carbocycles. The monoisotopic (exact) mass is 267 g/mol. The van der Waals surface area contributed by atoms with E-state index in [1.807, 2.05) is 20.8 Å². The van der Waals surface area contributed by atoms with Crippen LogP contribution in [0.25, 0.3) is 0 Å². The molecule has 7 nitrogen and oxygen atoms in total. The van der Waals surface area contributed by atoms with Crippen LogP contribution in [0, 0.1) is 0 Å². The van der Waals surface area contributed by atoms with Crippen LogP contribution in [0.1, 0.15) is 32.5 Å². The standard InChI is InChI=1S/C12H21N5O2/c1-4-14-9-5-10(15-6-8(18)11(13)19)17-12(16-9)7(2)3/h5,7-8,18H,4,6H2,1-3H3,(H2,13,19)(H2,14,15,16,17). The van der Waals surface area contributed by atoms with Gasteiger partial charge in [-0.25, -0.2) is 9.97 Å². The van der Waals surface area contributed by atoms with Gasteiger partial charge in [0.25, 0.3) is 0 Å². The van der Waals surface area contributed by atoms with E-state index in [-0.39, 0.29) is 12.5 Å². The van der Waals surface area contributed by atoms with Gasteiger partial charge in [-0.15, -0.1) is 0 Å². The Hall–Kier alpha value is -1.89. The summed E-state index contributed by atoms with van der Waals surface area (Å²) in [6.07, 6.45) is -1.24. The number of amides is 1. The maximum atomic E-state index is 10.8. The molecule has 0 aliphatic heterocycles. The first-order chi connectivity index (χ1) is 8.93. The number of aliphatic hydroxyl groups is 1. The van der Waals surface area contributed by atoms with Gasteiger partial charge < -0.3 is 21.5 Å². The van der Waals surface area contributed by atoms with Crippen LogP contribution in [-0.2, 0) is 4.79 Å². The molecule has 19 heavy (non-hydrogen) atoms. The fourth-order valence-electron chi connectivity index (χ4n) is 1.39. The largest absolute Gasteiger partial charge is 0.381 e. The number of rotatable bonds is 7. The number of aliphatic hydroxyl groups excluding tert-OH is 1. The van der Waals surface area contributed by atoms with E-state index in [1.165, 1.54) is 0 Å². The predicted octanol–water partition coefficient (Wildman–Crippen LogP) is 0.290. The third kappa shape index (κ3) is 4.70. The van der Waals surface area contributed by atoms with Gasteiger partial charge >= 0.3 is 0 Å². The molecule has 0 saturated carbocycles. The maximum Gasteiger partial charge on any atom is 0.248 e. The molecule has 5 N–H and O–H groups in total. The Morgan fingerprint density at radius 1 is 1.37 bits per heavy atom. The number of carbonyl (C=O) groups excluding carboxylic acids is 1. The van der Waals surface area contributed by atoms with Crippen LogP contribution < -0.4 is 16.4 Å². The molecule has 7 heteroatoms. The number of nitrogens with two attached hydrogens (primary N) is 1. The normalized spacial score (nSPS) is 12.3. The Labute approximate surface area is 112 Å². The van der Waals surface area contributed by atoms with Gasteiger partial charge in [-0.05, 0) is 6.92 Å². The molecule has 0 radical (unpaired) electrons. The van der Waals surface area contributed by atoms with Crippen molar-refractivity contribution in [1.82, 2.24) is 9.97 Å². The highest BCUT2D eigenvalue weighted by atomic mass is 16.3. The zero-order chi connectivity index (χ0) is 14.4. The van der Waals surface area contributed by atoms with Crippen molar-refractivity contribution in [1.29, 1.82) is 0 Å². The lowest BCUT2D eigenvalue weighted by Crippen LogP contribution is -2.34. The van der Waals surface area contributed by atoms with E-state index >= 15 is 0 Å². The van der Waals surface area contributed by atoms with Gasteiger partial charge in [0.15, 0.2) is 0 Å². The van der Waals surface area contributed by atoms with E-state index in [9.17, 15) is 9.90 Å². The quantitative estimate of drug-likeness (QED) is 0.564. The van der Waals surface area contributed by atoms with Gasteiger partial charge in [0.05, 0.1) is 6.54 Å². The average molecular weight is 267 g/mol. The van der Waals surface area contributed by atoms with E-state index in [4.69, 9.17) is 5.73 Å². The zero-order valence-electron chi connectivity index (χ0n) is 11.5. The van der Waals surface area contributed by atoms with Crippen molar-refractivity contribution in [3.05, 3.63) is 11.9 Å². The summed E-state index contributed by atoms with van der Waals surface area (Å²) in [7, 11) is 0. The molecule has 106 valence electrons. The number of primary amides is 1. The van der Waals surface area contributed by atoms with Gasteiger partial charge in [-0.3, -0.25) is 4.79 Å². The Kier molecular flexibility index (Phi) is 5.50. The van der Waals surface area contributed by atoms with Crippen LogP contribution >= 0.6 is 0 Å². The molecule has 0 aliphatic rings. The number of nitrogens with zero attached hydrogens (tertiary/aromatic N) is 2. The lowest BCUT2D eigenvalue weighted by Gasteiger charge is -2.13. The van der Waals surface area contributed by atoms with E-state index in [0.717, 1.165) is 6.54 Å². The summed E-state index contributed by atoms with van der Waals surface area (Å²) in [5, 5.41) is 15.3. The van der Waals surface area contributed by atoms with Crippen LogP contribution in [-0.4, -0.2) is 40.2 Å². The molecule has 1 unspecified atom stereocenters. The van der Waals surface area contributed by atoms with E-state index in [2.05, 4.69) is 20.6 Å². The number of carbonyl (C=O) groups is 1. The van der Waals surface area contributed by atoms with Gasteiger partial charge in [0.2, 0.25) is 5.91 Å². The topological polar surface area (TPSA) is 113 Å². The molecular formula is C12H21N5O2. The smallest absolute Gasteiger partial charge is 0.248 e. The number of hydrogen-bond acceptors (Lipinski definition) is 6. The fraction of sp³-hybridized carbons (Fsp3) is 0.583. The second kappa shape index (κ2) is 6.89. The lowest BCUT2D eigenvalue weighted by atomic mass is 10.2. The Morgan fingerprint density at radius 2 is 1.95 bits per heavy atom. The Balaban J connectivity index is 2.84. The molecule has 1 amide bonds. The van der Waals surface area contributed by atoms with Crippen molar-refractivity contribution in [2.75, 3.05) is 23.7 Å². The number of hydrogen-bond donors (Lipinski definition) is 4. The van der Waals surface area contributed by atoms with Crippen molar-refractivity contribution in [3.63, 3.8) is 0 Å². The van der Waals surface area contributed by atoms with Crippen LogP contribution in [0.15, 0.2) is 6.07 Å². The first-order valence-electron chi connectivity index (χ1n) is 6.28. The molecule has 1 rings (SSSR count). The molecule has 1 aromatic heterocycles. The molecule has 0 saturated heterocycles. The SMILES string of the molecule is CCNc1cc(NCC(O)C(N)=O)nc(C(C)C)n1. The number of nitrogens with one attached hydrogen (secondary N) is 2. The molecule has 1 atom stereocenters. The van der Waals surface area contributed by atoms with Gasteiger partial charge in [0.1, 0.15) is 23.6 Å². The molecular weight excluding hydrogens is 246 g/mol. The summed E-state index contributed by atoms with van der Waals surface area (Å²) < 4.78 is 0. The van der Waals surface area contributed by atoms with Gasteiger partial charge in [-0.1, -0.05) is 13.8 Å². The maximum absolute atomic E-state index is 10.8. The summed E-state index contributed by atoms with van der Waals surface area (Å²) in [5.41, 5.74) is 4.98. The minimum Gasteiger partial charge on any atom is -0.381 e. The predicted molar refractivity (Wildman–Crippen MR) is 74.0 cm³/mol. The third-order valence-corrected chi connectivity index (χ3v) is 2.42. The summed E-state index contributed by atoms with van der Waals surface area (Å²) in [4.78, 5) is 19.4. The zero-order valence-corrected chi connectivity index (χ0v) is 11.5.